The largest absolute Gasteiger partial charge is 0.398 e. The van der Waals surface area contributed by atoms with E-state index in [-0.39, 0.29) is 23.3 Å². The van der Waals surface area contributed by atoms with Crippen molar-refractivity contribution in [2.24, 2.45) is 0 Å². The number of rotatable bonds is 6. The Bertz CT molecular complexity index is 553. The molecule has 0 saturated heterocycles. The molecule has 1 aromatic rings. The second-order valence-corrected chi connectivity index (χ2v) is 6.35. The standard InChI is InChI=1S/C10H14BrFN2O4S/c1-18-5-6(15)4-14-19(16,17)10-3-9(13)7(11)2-8(10)12/h2-3,6,14-15H,4-5,13H2,1H3. The molecular formula is C10H14BrFN2O4S. The first-order valence-corrected chi connectivity index (χ1v) is 7.46. The van der Waals surface area contributed by atoms with Crippen LogP contribution in [0.3, 0.4) is 0 Å². The number of benzene rings is 1. The Morgan fingerprint density at radius 3 is 2.79 bits per heavy atom. The Hall–Kier alpha value is -0.740. The molecule has 0 heterocycles. The van der Waals surface area contributed by atoms with Gasteiger partial charge in [0, 0.05) is 23.8 Å². The lowest BCUT2D eigenvalue weighted by Crippen LogP contribution is -2.34. The maximum atomic E-state index is 13.6. The van der Waals surface area contributed by atoms with Crippen LogP contribution < -0.4 is 10.5 Å². The van der Waals surface area contributed by atoms with E-state index in [1.165, 1.54) is 7.11 Å². The van der Waals surface area contributed by atoms with Crippen molar-refractivity contribution in [1.29, 1.82) is 0 Å². The number of aliphatic hydroxyl groups excluding tert-OH is 1. The first kappa shape index (κ1) is 16.3. The molecule has 0 aromatic heterocycles. The molecule has 0 bridgehead atoms. The van der Waals surface area contributed by atoms with Crippen molar-refractivity contribution in [3.63, 3.8) is 0 Å². The number of anilines is 1. The molecule has 1 aromatic carbocycles. The number of nitrogens with one attached hydrogen (secondary N) is 1. The van der Waals surface area contributed by atoms with Crippen molar-refractivity contribution >= 4 is 31.6 Å². The van der Waals surface area contributed by atoms with Crippen LogP contribution in [0.1, 0.15) is 0 Å². The van der Waals surface area contributed by atoms with Gasteiger partial charge in [0.05, 0.1) is 12.7 Å². The summed E-state index contributed by atoms with van der Waals surface area (Å²) in [4.78, 5) is -0.571. The van der Waals surface area contributed by atoms with Crippen molar-refractivity contribution in [1.82, 2.24) is 4.72 Å². The molecule has 1 unspecified atom stereocenters. The first-order chi connectivity index (χ1) is 8.77. The molecule has 0 spiro atoms. The first-order valence-electron chi connectivity index (χ1n) is 5.19. The molecule has 0 aliphatic rings. The summed E-state index contributed by atoms with van der Waals surface area (Å²) in [5.41, 5.74) is 5.61. The molecule has 108 valence electrons. The van der Waals surface area contributed by atoms with Crippen LogP contribution in [0.4, 0.5) is 10.1 Å². The Morgan fingerprint density at radius 1 is 1.58 bits per heavy atom. The van der Waals surface area contributed by atoms with E-state index in [1.807, 2.05) is 0 Å². The van der Waals surface area contributed by atoms with E-state index in [9.17, 15) is 17.9 Å². The normalized spacial score (nSPS) is 13.5. The van der Waals surface area contributed by atoms with Gasteiger partial charge in [0.1, 0.15) is 10.7 Å². The van der Waals surface area contributed by atoms with Gasteiger partial charge in [-0.15, -0.1) is 0 Å². The average Bonchev–Trinajstić information content (AvgIpc) is 2.31. The Kier molecular flexibility index (Phi) is 5.68. The van der Waals surface area contributed by atoms with Gasteiger partial charge >= 0.3 is 0 Å². The van der Waals surface area contributed by atoms with Crippen molar-refractivity contribution < 1.29 is 22.7 Å². The minimum atomic E-state index is -4.08. The van der Waals surface area contributed by atoms with Crippen LogP contribution in [0.15, 0.2) is 21.5 Å². The molecule has 4 N–H and O–H groups in total. The van der Waals surface area contributed by atoms with E-state index in [0.717, 1.165) is 12.1 Å². The third-order valence-corrected chi connectivity index (χ3v) is 4.33. The van der Waals surface area contributed by atoms with Crippen LogP contribution in [-0.4, -0.2) is 39.9 Å². The molecule has 0 fully saturated rings. The van der Waals surface area contributed by atoms with E-state index >= 15 is 0 Å². The maximum absolute atomic E-state index is 13.6. The lowest BCUT2D eigenvalue weighted by Gasteiger charge is -2.12. The summed E-state index contributed by atoms with van der Waals surface area (Å²) in [6, 6.07) is 1.97. The number of nitrogens with two attached hydrogens (primary N) is 1. The molecule has 0 aliphatic heterocycles. The van der Waals surface area contributed by atoms with Crippen LogP contribution >= 0.6 is 15.9 Å². The fourth-order valence-electron chi connectivity index (χ4n) is 1.29. The molecule has 1 rings (SSSR count). The Balaban J connectivity index is 2.92. The number of hydrogen-bond acceptors (Lipinski definition) is 5. The van der Waals surface area contributed by atoms with Crippen LogP contribution in [0.25, 0.3) is 0 Å². The Labute approximate surface area is 118 Å². The minimum Gasteiger partial charge on any atom is -0.398 e. The number of sulfonamides is 1. The van der Waals surface area contributed by atoms with Crippen molar-refractivity contribution in [2.45, 2.75) is 11.0 Å². The summed E-state index contributed by atoms with van der Waals surface area (Å²) in [7, 11) is -2.72. The summed E-state index contributed by atoms with van der Waals surface area (Å²) >= 11 is 2.99. The zero-order valence-electron chi connectivity index (χ0n) is 10.1. The molecule has 9 heteroatoms. The van der Waals surface area contributed by atoms with Crippen LogP contribution in [0.2, 0.25) is 0 Å². The predicted octanol–water partition coefficient (Wildman–Crippen LogP) is 0.456. The number of hydrogen-bond donors (Lipinski definition) is 3. The highest BCUT2D eigenvalue weighted by Crippen LogP contribution is 2.25. The van der Waals surface area contributed by atoms with E-state index in [2.05, 4.69) is 25.4 Å². The highest BCUT2D eigenvalue weighted by Gasteiger charge is 2.21. The van der Waals surface area contributed by atoms with Gasteiger partial charge in [-0.3, -0.25) is 0 Å². The smallest absolute Gasteiger partial charge is 0.243 e. The van der Waals surface area contributed by atoms with Gasteiger partial charge < -0.3 is 15.6 Å². The lowest BCUT2D eigenvalue weighted by atomic mass is 10.3. The van der Waals surface area contributed by atoms with Crippen molar-refractivity contribution in [3.05, 3.63) is 22.4 Å². The molecule has 1 atom stereocenters. The minimum absolute atomic E-state index is 0.0342. The fraction of sp³-hybridized carbons (Fsp3) is 0.400. The number of halogens is 2. The summed E-state index contributed by atoms with van der Waals surface area (Å²) in [6.07, 6.45) is -1.02. The molecule has 0 amide bonds. The van der Waals surface area contributed by atoms with Crippen LogP contribution in [0.5, 0.6) is 0 Å². The van der Waals surface area contributed by atoms with E-state index in [1.54, 1.807) is 0 Å². The van der Waals surface area contributed by atoms with Gasteiger partial charge in [-0.05, 0) is 28.1 Å². The fourth-order valence-corrected chi connectivity index (χ4v) is 2.77. The molecule has 19 heavy (non-hydrogen) atoms. The number of ether oxygens (including phenoxy) is 1. The molecule has 6 nitrogen and oxygen atoms in total. The highest BCUT2D eigenvalue weighted by atomic mass is 79.9. The van der Waals surface area contributed by atoms with Gasteiger partial charge in [0.25, 0.3) is 0 Å². The molecular weight excluding hydrogens is 343 g/mol. The molecule has 0 aliphatic carbocycles. The second kappa shape index (κ2) is 6.62. The molecule has 0 saturated carbocycles. The Morgan fingerprint density at radius 2 is 2.21 bits per heavy atom. The zero-order chi connectivity index (χ0) is 14.6. The SMILES string of the molecule is COCC(O)CNS(=O)(=O)c1cc(N)c(Br)cc1F. The quantitative estimate of drug-likeness (QED) is 0.642. The van der Waals surface area contributed by atoms with Crippen LogP contribution in [-0.2, 0) is 14.8 Å². The maximum Gasteiger partial charge on any atom is 0.243 e. The third kappa shape index (κ3) is 4.39. The van der Waals surface area contributed by atoms with Gasteiger partial charge in [-0.25, -0.2) is 17.5 Å². The lowest BCUT2D eigenvalue weighted by molar-refractivity contribution is 0.0679. The zero-order valence-corrected chi connectivity index (χ0v) is 12.5. The van der Waals surface area contributed by atoms with Crippen molar-refractivity contribution in [2.75, 3.05) is 26.0 Å². The van der Waals surface area contributed by atoms with Gasteiger partial charge in [0.15, 0.2) is 0 Å². The van der Waals surface area contributed by atoms with E-state index in [0.29, 0.717) is 0 Å². The van der Waals surface area contributed by atoms with Gasteiger partial charge in [-0.2, -0.15) is 0 Å². The summed E-state index contributed by atoms with van der Waals surface area (Å²) < 4.78 is 44.3. The van der Waals surface area contributed by atoms with Crippen molar-refractivity contribution in [3.8, 4) is 0 Å². The van der Waals surface area contributed by atoms with E-state index < -0.39 is 26.8 Å². The van der Waals surface area contributed by atoms with Crippen LogP contribution in [0, 0.1) is 5.82 Å². The number of methoxy groups -OCH3 is 1. The number of aliphatic hydroxyl groups is 1. The predicted molar refractivity (Wildman–Crippen MR) is 71.6 cm³/mol. The average molecular weight is 357 g/mol. The molecule has 0 radical (unpaired) electrons. The summed E-state index contributed by atoms with van der Waals surface area (Å²) in [6.45, 7) is -0.320. The topological polar surface area (TPSA) is 102 Å². The summed E-state index contributed by atoms with van der Waals surface area (Å²) in [5.74, 6) is -0.935. The third-order valence-electron chi connectivity index (χ3n) is 2.21. The van der Waals surface area contributed by atoms with Gasteiger partial charge in [-0.1, -0.05) is 0 Å². The highest BCUT2D eigenvalue weighted by molar-refractivity contribution is 9.10. The number of nitrogen functional groups attached to an aromatic ring is 1. The monoisotopic (exact) mass is 356 g/mol. The second-order valence-electron chi connectivity index (χ2n) is 3.77. The van der Waals surface area contributed by atoms with Gasteiger partial charge in [0.2, 0.25) is 10.0 Å². The van der Waals surface area contributed by atoms with E-state index in [4.69, 9.17) is 5.73 Å². The summed E-state index contributed by atoms with van der Waals surface area (Å²) in [5, 5.41) is 9.35.